The summed E-state index contributed by atoms with van der Waals surface area (Å²) in [6.45, 7) is 2.86. The van der Waals surface area contributed by atoms with Gasteiger partial charge in [-0.15, -0.1) is 11.3 Å². The summed E-state index contributed by atoms with van der Waals surface area (Å²) in [7, 11) is 1.22. The van der Waals surface area contributed by atoms with Crippen molar-refractivity contribution < 1.29 is 32.6 Å². The van der Waals surface area contributed by atoms with Gasteiger partial charge in [-0.25, -0.2) is 22.9 Å². The lowest BCUT2D eigenvalue weighted by molar-refractivity contribution is -0.142. The third-order valence-electron chi connectivity index (χ3n) is 7.85. The molecule has 0 saturated carbocycles. The number of hydrogen-bond acceptors (Lipinski definition) is 9. The zero-order chi connectivity index (χ0) is 28.8. The van der Waals surface area contributed by atoms with Gasteiger partial charge in [0.15, 0.2) is 10.8 Å². The van der Waals surface area contributed by atoms with E-state index in [1.165, 1.54) is 37.5 Å². The van der Waals surface area contributed by atoms with Crippen molar-refractivity contribution in [2.45, 2.75) is 44.3 Å². The van der Waals surface area contributed by atoms with Crippen LogP contribution in [0, 0.1) is 18.7 Å². The van der Waals surface area contributed by atoms with Crippen LogP contribution >= 0.6 is 11.3 Å². The first-order chi connectivity index (χ1) is 19.0. The highest BCUT2D eigenvalue weighted by Crippen LogP contribution is 2.43. The van der Waals surface area contributed by atoms with Crippen LogP contribution in [0.4, 0.5) is 13.2 Å². The summed E-state index contributed by atoms with van der Waals surface area (Å²) in [4.78, 5) is 36.8. The number of aliphatic carboxylic acids is 1. The van der Waals surface area contributed by atoms with Gasteiger partial charge in [0.1, 0.15) is 11.9 Å². The number of thiazole rings is 1. The lowest BCUT2D eigenvalue weighted by atomic mass is 9.92. The van der Waals surface area contributed by atoms with Crippen LogP contribution < -0.4 is 5.32 Å². The molecule has 13 heteroatoms. The van der Waals surface area contributed by atoms with Crippen molar-refractivity contribution in [1.82, 2.24) is 20.1 Å². The van der Waals surface area contributed by atoms with Gasteiger partial charge in [-0.05, 0) is 30.5 Å². The zero-order valence-corrected chi connectivity index (χ0v) is 23.1. The Balaban J connectivity index is 1.53. The van der Waals surface area contributed by atoms with E-state index in [2.05, 4.69) is 10.3 Å². The Hall–Kier alpha value is -3.29. The van der Waals surface area contributed by atoms with E-state index in [1.807, 2.05) is 0 Å². The SMILES string of the molecule is COC(=O)C1=C(CN2CC(F)(F)[C@H]3[C@@H]2CCN3CC(C)C(=O)O)NC(c2nccs2)=N[C@H]1c1cccc(F)c1C. The average molecular weight is 578 g/mol. The molecule has 40 heavy (non-hydrogen) atoms. The number of fused-ring (bicyclic) bond motifs is 1. The van der Waals surface area contributed by atoms with Gasteiger partial charge >= 0.3 is 11.9 Å². The minimum Gasteiger partial charge on any atom is -0.481 e. The second kappa shape index (κ2) is 10.9. The number of carbonyl (C=O) groups excluding carboxylic acids is 1. The van der Waals surface area contributed by atoms with Crippen LogP contribution in [0.1, 0.15) is 35.5 Å². The molecule has 0 bridgehead atoms. The number of esters is 1. The minimum absolute atomic E-state index is 0.0239. The van der Waals surface area contributed by atoms with Gasteiger partial charge in [0.2, 0.25) is 0 Å². The number of nitrogens with one attached hydrogen (secondary N) is 1. The fourth-order valence-electron chi connectivity index (χ4n) is 5.93. The van der Waals surface area contributed by atoms with Gasteiger partial charge in [0.25, 0.3) is 5.92 Å². The summed E-state index contributed by atoms with van der Waals surface area (Å²) in [5.74, 6) is -5.74. The standard InChI is InChI=1S/C27H30F3N5O4S/c1-14(25(36)37)11-34-9-7-19-22(34)27(29,30)13-35(19)12-18-20(26(38)39-3)21(16-5-4-6-17(28)15(16)2)33-23(32-18)24-31-8-10-40-24/h4-6,8,10,14,19,21-22H,7,9,11-13H2,1-3H3,(H,32,33)(H,36,37)/t14?,19-,21-,22+/m0/s1. The molecular formula is C27H30F3N5O4S. The van der Waals surface area contributed by atoms with E-state index < -0.39 is 54.3 Å². The molecule has 9 nitrogen and oxygen atoms in total. The fraction of sp³-hybridized carbons (Fsp3) is 0.481. The van der Waals surface area contributed by atoms with Crippen LogP contribution in [0.25, 0.3) is 0 Å². The quantitative estimate of drug-likeness (QED) is 0.461. The van der Waals surface area contributed by atoms with Gasteiger partial charge in [0, 0.05) is 43.0 Å². The Labute approximate surface area is 233 Å². The Morgan fingerprint density at radius 2 is 2.10 bits per heavy atom. The number of ether oxygens (including phenoxy) is 1. The Morgan fingerprint density at radius 1 is 1.32 bits per heavy atom. The van der Waals surface area contributed by atoms with Gasteiger partial charge < -0.3 is 15.2 Å². The summed E-state index contributed by atoms with van der Waals surface area (Å²) < 4.78 is 50.6. The molecule has 2 saturated heterocycles. The molecule has 4 atom stereocenters. The topological polar surface area (TPSA) is 107 Å². The van der Waals surface area contributed by atoms with E-state index in [0.29, 0.717) is 40.6 Å². The second-order valence-corrected chi connectivity index (χ2v) is 11.3. The number of rotatable bonds is 8. The van der Waals surface area contributed by atoms with Crippen LogP contribution in [0.3, 0.4) is 0 Å². The molecular weight excluding hydrogens is 547 g/mol. The number of aliphatic imine (C=N–C) groups is 1. The highest BCUT2D eigenvalue weighted by molar-refractivity contribution is 7.11. The highest BCUT2D eigenvalue weighted by atomic mass is 32.1. The normalized spacial score (nSPS) is 25.4. The number of amidine groups is 1. The van der Waals surface area contributed by atoms with Crippen LogP contribution in [-0.4, -0.2) is 89.0 Å². The summed E-state index contributed by atoms with van der Waals surface area (Å²) in [5, 5.41) is 14.8. The molecule has 2 N–H and O–H groups in total. The van der Waals surface area contributed by atoms with E-state index in [1.54, 1.807) is 34.4 Å². The van der Waals surface area contributed by atoms with Crippen LogP contribution in [-0.2, 0) is 14.3 Å². The molecule has 3 aliphatic heterocycles. The van der Waals surface area contributed by atoms with Gasteiger partial charge in [-0.2, -0.15) is 0 Å². The maximum absolute atomic E-state index is 15.4. The molecule has 0 aliphatic carbocycles. The predicted molar refractivity (Wildman–Crippen MR) is 142 cm³/mol. The Bertz CT molecular complexity index is 1370. The third-order valence-corrected chi connectivity index (χ3v) is 8.63. The number of methoxy groups -OCH3 is 1. The van der Waals surface area contributed by atoms with Crippen molar-refractivity contribution in [3.8, 4) is 0 Å². The number of nitrogens with zero attached hydrogens (tertiary/aromatic N) is 4. The number of likely N-dealkylation sites (tertiary alicyclic amines) is 2. The summed E-state index contributed by atoms with van der Waals surface area (Å²) in [6, 6.07) is 1.88. The summed E-state index contributed by atoms with van der Waals surface area (Å²) >= 11 is 1.31. The molecule has 5 rings (SSSR count). The maximum atomic E-state index is 15.4. The summed E-state index contributed by atoms with van der Waals surface area (Å²) in [6.07, 6.45) is 2.02. The van der Waals surface area contributed by atoms with Crippen molar-refractivity contribution in [1.29, 1.82) is 0 Å². The molecule has 4 heterocycles. The largest absolute Gasteiger partial charge is 0.481 e. The molecule has 3 aliphatic rings. The number of carbonyl (C=O) groups is 2. The lowest BCUT2D eigenvalue weighted by Gasteiger charge is -2.31. The van der Waals surface area contributed by atoms with E-state index >= 15 is 8.78 Å². The van der Waals surface area contributed by atoms with Crippen molar-refractivity contribution in [2.24, 2.45) is 10.9 Å². The Kier molecular flexibility index (Phi) is 7.73. The number of carboxylic acids is 1. The second-order valence-electron chi connectivity index (χ2n) is 10.4. The van der Waals surface area contributed by atoms with Crippen LogP contribution in [0.2, 0.25) is 0 Å². The van der Waals surface area contributed by atoms with E-state index in [0.717, 1.165) is 0 Å². The first-order valence-electron chi connectivity index (χ1n) is 12.9. The molecule has 214 valence electrons. The molecule has 1 aromatic heterocycles. The molecule has 1 unspecified atom stereocenters. The maximum Gasteiger partial charge on any atom is 0.338 e. The van der Waals surface area contributed by atoms with E-state index in [-0.39, 0.29) is 18.7 Å². The van der Waals surface area contributed by atoms with Crippen molar-refractivity contribution in [3.05, 3.63) is 63.0 Å². The number of aromatic nitrogens is 1. The van der Waals surface area contributed by atoms with Crippen molar-refractivity contribution in [2.75, 3.05) is 33.3 Å². The molecule has 0 amide bonds. The number of carboxylic acid groups (broad SMARTS) is 1. The molecule has 1 aromatic carbocycles. The van der Waals surface area contributed by atoms with Crippen molar-refractivity contribution in [3.63, 3.8) is 0 Å². The van der Waals surface area contributed by atoms with Crippen molar-refractivity contribution >= 4 is 29.1 Å². The number of benzene rings is 1. The van der Waals surface area contributed by atoms with Gasteiger partial charge in [-0.3, -0.25) is 19.6 Å². The highest BCUT2D eigenvalue weighted by Gasteiger charge is 2.59. The minimum atomic E-state index is -3.09. The van der Waals surface area contributed by atoms with E-state index in [9.17, 15) is 19.1 Å². The first-order valence-corrected chi connectivity index (χ1v) is 13.8. The molecule has 2 aromatic rings. The monoisotopic (exact) mass is 577 g/mol. The predicted octanol–water partition coefficient (Wildman–Crippen LogP) is 3.22. The Morgan fingerprint density at radius 3 is 2.77 bits per heavy atom. The number of hydrogen-bond donors (Lipinski definition) is 2. The summed E-state index contributed by atoms with van der Waals surface area (Å²) in [5.41, 5.74) is 1.20. The zero-order valence-electron chi connectivity index (χ0n) is 22.2. The smallest absolute Gasteiger partial charge is 0.338 e. The first kappa shape index (κ1) is 28.2. The number of halogens is 3. The molecule has 0 radical (unpaired) electrons. The van der Waals surface area contributed by atoms with Gasteiger partial charge in [0.05, 0.1) is 31.2 Å². The fourth-order valence-corrected chi connectivity index (χ4v) is 6.51. The van der Waals surface area contributed by atoms with Crippen LogP contribution in [0.15, 0.2) is 46.0 Å². The lowest BCUT2D eigenvalue weighted by Crippen LogP contribution is -2.47. The molecule has 0 spiro atoms. The van der Waals surface area contributed by atoms with Gasteiger partial charge in [-0.1, -0.05) is 19.1 Å². The third kappa shape index (κ3) is 5.13. The average Bonchev–Trinajstić information content (AvgIpc) is 3.64. The van der Waals surface area contributed by atoms with E-state index in [4.69, 9.17) is 9.73 Å². The van der Waals surface area contributed by atoms with Crippen LogP contribution in [0.5, 0.6) is 0 Å². The molecule has 2 fully saturated rings. The number of alkyl halides is 2.